The summed E-state index contributed by atoms with van der Waals surface area (Å²) < 4.78 is 25.9. The first-order valence-corrected chi connectivity index (χ1v) is 3.92. The number of benzene rings is 1. The second kappa shape index (κ2) is 3.14. The van der Waals surface area contributed by atoms with Crippen molar-refractivity contribution in [3.05, 3.63) is 41.6 Å². The highest BCUT2D eigenvalue weighted by atomic mass is 19.2. The summed E-state index contributed by atoms with van der Waals surface area (Å²) in [5, 5.41) is 0.467. The van der Waals surface area contributed by atoms with Crippen LogP contribution in [0.5, 0.6) is 0 Å². The average molecular weight is 193 g/mol. The summed E-state index contributed by atoms with van der Waals surface area (Å²) in [5.74, 6) is -1.99. The number of nitrogens with zero attached hydrogens (tertiary/aromatic N) is 1. The maximum atomic E-state index is 13.2. The predicted molar refractivity (Wildman–Crippen MR) is 47.0 cm³/mol. The quantitative estimate of drug-likeness (QED) is 0.650. The maximum absolute atomic E-state index is 13.2. The van der Waals surface area contributed by atoms with Crippen molar-refractivity contribution >= 4 is 17.2 Å². The molecule has 0 saturated heterocycles. The van der Waals surface area contributed by atoms with Gasteiger partial charge in [0.1, 0.15) is 11.2 Å². The van der Waals surface area contributed by atoms with Crippen LogP contribution in [0.25, 0.3) is 10.9 Å². The van der Waals surface area contributed by atoms with Gasteiger partial charge in [0.2, 0.25) is 0 Å². The molecule has 0 unspecified atom stereocenters. The Bertz CT molecular complexity index is 511. The van der Waals surface area contributed by atoms with E-state index in [-0.39, 0.29) is 11.2 Å². The SMILES string of the molecule is O=Cc1ccc2ccc(F)c(F)c2n1. The molecule has 70 valence electrons. The first kappa shape index (κ1) is 8.74. The highest BCUT2D eigenvalue weighted by Crippen LogP contribution is 2.18. The van der Waals surface area contributed by atoms with E-state index in [0.29, 0.717) is 11.7 Å². The molecule has 1 aromatic carbocycles. The molecule has 0 amide bonds. The fraction of sp³-hybridized carbons (Fsp3) is 0. The van der Waals surface area contributed by atoms with Crippen LogP contribution >= 0.6 is 0 Å². The number of rotatable bonds is 1. The summed E-state index contributed by atoms with van der Waals surface area (Å²) in [5.41, 5.74) is -0.0309. The standard InChI is InChI=1S/C10H5F2NO/c11-8-4-2-6-1-3-7(5-14)13-10(6)9(8)12/h1-5H. The molecular formula is C10H5F2NO. The van der Waals surface area contributed by atoms with Crippen LogP contribution in [0.3, 0.4) is 0 Å². The molecule has 0 fully saturated rings. The topological polar surface area (TPSA) is 30.0 Å². The van der Waals surface area contributed by atoms with Crippen molar-refractivity contribution in [2.75, 3.05) is 0 Å². The minimum Gasteiger partial charge on any atom is -0.296 e. The maximum Gasteiger partial charge on any atom is 0.185 e. The highest BCUT2D eigenvalue weighted by Gasteiger charge is 2.08. The van der Waals surface area contributed by atoms with Gasteiger partial charge in [0.05, 0.1) is 0 Å². The molecule has 0 atom stereocenters. The lowest BCUT2D eigenvalue weighted by Crippen LogP contribution is -1.92. The van der Waals surface area contributed by atoms with Crippen LogP contribution in [0.4, 0.5) is 8.78 Å². The molecule has 1 heterocycles. The lowest BCUT2D eigenvalue weighted by atomic mass is 10.2. The van der Waals surface area contributed by atoms with Crippen molar-refractivity contribution in [1.29, 1.82) is 0 Å². The molecule has 0 radical (unpaired) electrons. The van der Waals surface area contributed by atoms with Gasteiger partial charge in [-0.1, -0.05) is 6.07 Å². The van der Waals surface area contributed by atoms with Crippen molar-refractivity contribution in [2.24, 2.45) is 0 Å². The van der Waals surface area contributed by atoms with Gasteiger partial charge in [-0.15, -0.1) is 0 Å². The van der Waals surface area contributed by atoms with Crippen LogP contribution in [-0.4, -0.2) is 11.3 Å². The van der Waals surface area contributed by atoms with Gasteiger partial charge in [-0.3, -0.25) is 4.79 Å². The predicted octanol–water partition coefficient (Wildman–Crippen LogP) is 2.33. The molecule has 0 bridgehead atoms. The van der Waals surface area contributed by atoms with Gasteiger partial charge in [-0.05, 0) is 18.2 Å². The van der Waals surface area contributed by atoms with Crippen LogP contribution in [0.1, 0.15) is 10.5 Å². The van der Waals surface area contributed by atoms with E-state index < -0.39 is 11.6 Å². The van der Waals surface area contributed by atoms with Crippen LogP contribution < -0.4 is 0 Å². The Morgan fingerprint density at radius 1 is 1.14 bits per heavy atom. The van der Waals surface area contributed by atoms with Crippen molar-refractivity contribution < 1.29 is 13.6 Å². The molecule has 2 aromatic rings. The molecule has 2 nitrogen and oxygen atoms in total. The first-order valence-electron chi connectivity index (χ1n) is 3.92. The van der Waals surface area contributed by atoms with Crippen LogP contribution in [0.2, 0.25) is 0 Å². The van der Waals surface area contributed by atoms with E-state index in [1.165, 1.54) is 18.2 Å². The molecule has 0 spiro atoms. The second-order valence-electron chi connectivity index (χ2n) is 2.79. The minimum atomic E-state index is -1.02. The number of fused-ring (bicyclic) bond motifs is 1. The van der Waals surface area contributed by atoms with Gasteiger partial charge in [-0.2, -0.15) is 0 Å². The summed E-state index contributed by atoms with van der Waals surface area (Å²) in [6, 6.07) is 5.41. The average Bonchev–Trinajstić information content (AvgIpc) is 2.23. The van der Waals surface area contributed by atoms with Crippen molar-refractivity contribution in [2.45, 2.75) is 0 Å². The first-order chi connectivity index (χ1) is 6.72. The summed E-state index contributed by atoms with van der Waals surface area (Å²) in [4.78, 5) is 14.0. The second-order valence-corrected chi connectivity index (χ2v) is 2.79. The van der Waals surface area contributed by atoms with E-state index in [1.807, 2.05) is 0 Å². The van der Waals surface area contributed by atoms with Gasteiger partial charge in [0.15, 0.2) is 17.9 Å². The molecule has 0 N–H and O–H groups in total. The van der Waals surface area contributed by atoms with Gasteiger partial charge >= 0.3 is 0 Å². The number of hydrogen-bond acceptors (Lipinski definition) is 2. The third kappa shape index (κ3) is 1.25. The summed E-state index contributed by atoms with van der Waals surface area (Å²) in [7, 11) is 0. The Hall–Kier alpha value is -1.84. The third-order valence-electron chi connectivity index (χ3n) is 1.90. The highest BCUT2D eigenvalue weighted by molar-refractivity contribution is 5.83. The molecule has 14 heavy (non-hydrogen) atoms. The zero-order chi connectivity index (χ0) is 10.1. The van der Waals surface area contributed by atoms with Crippen LogP contribution in [-0.2, 0) is 0 Å². The number of hydrogen-bond donors (Lipinski definition) is 0. The molecule has 2 rings (SSSR count). The smallest absolute Gasteiger partial charge is 0.185 e. The zero-order valence-corrected chi connectivity index (χ0v) is 7.00. The van der Waals surface area contributed by atoms with Crippen molar-refractivity contribution in [3.63, 3.8) is 0 Å². The Morgan fingerprint density at radius 3 is 2.57 bits per heavy atom. The minimum absolute atomic E-state index is 0.0852. The number of aldehydes is 1. The fourth-order valence-electron chi connectivity index (χ4n) is 1.21. The van der Waals surface area contributed by atoms with E-state index in [1.54, 1.807) is 0 Å². The number of pyridine rings is 1. The van der Waals surface area contributed by atoms with Crippen LogP contribution in [0, 0.1) is 11.6 Å². The van der Waals surface area contributed by atoms with E-state index in [0.717, 1.165) is 6.07 Å². The number of carbonyl (C=O) groups is 1. The van der Waals surface area contributed by atoms with Gasteiger partial charge < -0.3 is 0 Å². The molecular weight excluding hydrogens is 188 g/mol. The van der Waals surface area contributed by atoms with Gasteiger partial charge in [0, 0.05) is 5.39 Å². The Kier molecular flexibility index (Phi) is 1.96. The molecule has 0 aliphatic carbocycles. The number of carbonyl (C=O) groups excluding carboxylic acids is 1. The lowest BCUT2D eigenvalue weighted by molar-refractivity contribution is 0.111. The van der Waals surface area contributed by atoms with Gasteiger partial charge in [-0.25, -0.2) is 13.8 Å². The molecule has 0 aliphatic rings. The summed E-state index contributed by atoms with van der Waals surface area (Å²) >= 11 is 0. The van der Waals surface area contributed by atoms with E-state index >= 15 is 0 Å². The Labute approximate surface area is 78.2 Å². The number of halogens is 2. The van der Waals surface area contributed by atoms with E-state index in [9.17, 15) is 13.6 Å². The van der Waals surface area contributed by atoms with E-state index in [2.05, 4.69) is 4.98 Å². The number of aromatic nitrogens is 1. The zero-order valence-electron chi connectivity index (χ0n) is 7.00. The van der Waals surface area contributed by atoms with E-state index in [4.69, 9.17) is 0 Å². The van der Waals surface area contributed by atoms with Crippen molar-refractivity contribution in [3.8, 4) is 0 Å². The molecule has 0 aliphatic heterocycles. The van der Waals surface area contributed by atoms with Gasteiger partial charge in [0.25, 0.3) is 0 Å². The van der Waals surface area contributed by atoms with Crippen LogP contribution in [0.15, 0.2) is 24.3 Å². The monoisotopic (exact) mass is 193 g/mol. The summed E-state index contributed by atoms with van der Waals surface area (Å²) in [6.07, 6.45) is 0.490. The molecule has 1 aromatic heterocycles. The largest absolute Gasteiger partial charge is 0.296 e. The summed E-state index contributed by atoms with van der Waals surface area (Å²) in [6.45, 7) is 0. The normalized spacial score (nSPS) is 10.4. The molecule has 0 saturated carbocycles. The molecule has 4 heteroatoms. The third-order valence-corrected chi connectivity index (χ3v) is 1.90. The lowest BCUT2D eigenvalue weighted by Gasteiger charge is -1.99. The fourth-order valence-corrected chi connectivity index (χ4v) is 1.21. The van der Waals surface area contributed by atoms with Crippen molar-refractivity contribution in [1.82, 2.24) is 4.98 Å². The Morgan fingerprint density at radius 2 is 1.86 bits per heavy atom. The Balaban J connectivity index is 2.84.